The number of anilines is 1. The molecule has 0 aliphatic heterocycles. The minimum Gasteiger partial charge on any atom is -0.497 e. The van der Waals surface area contributed by atoms with Crippen LogP contribution in [0.3, 0.4) is 0 Å². The van der Waals surface area contributed by atoms with Gasteiger partial charge in [0, 0.05) is 5.69 Å². The highest BCUT2D eigenvalue weighted by Crippen LogP contribution is 2.19. The third kappa shape index (κ3) is 4.21. The standard InChI is InChI=1S/C16H17FN2O2/c1-11(12-4-3-5-15(10-12)21-2)18-16(20)19-14-8-6-13(17)7-9-14/h3-11H,1-2H3,(H2,18,19,20). The molecule has 0 aromatic heterocycles. The number of ether oxygens (including phenoxy) is 1. The predicted octanol–water partition coefficient (Wildman–Crippen LogP) is 3.72. The van der Waals surface area contributed by atoms with Crippen molar-refractivity contribution in [1.82, 2.24) is 5.32 Å². The quantitative estimate of drug-likeness (QED) is 0.901. The van der Waals surface area contributed by atoms with E-state index in [-0.39, 0.29) is 17.9 Å². The molecule has 0 bridgehead atoms. The number of rotatable bonds is 4. The van der Waals surface area contributed by atoms with Crippen LogP contribution in [0.2, 0.25) is 0 Å². The number of methoxy groups -OCH3 is 1. The summed E-state index contributed by atoms with van der Waals surface area (Å²) in [6.07, 6.45) is 0. The van der Waals surface area contributed by atoms with Crippen molar-refractivity contribution in [2.45, 2.75) is 13.0 Å². The van der Waals surface area contributed by atoms with Crippen LogP contribution in [0.1, 0.15) is 18.5 Å². The molecule has 110 valence electrons. The average Bonchev–Trinajstić information content (AvgIpc) is 2.49. The molecular formula is C16H17FN2O2. The largest absolute Gasteiger partial charge is 0.497 e. The van der Waals surface area contributed by atoms with Crippen LogP contribution in [0.4, 0.5) is 14.9 Å². The fourth-order valence-electron chi connectivity index (χ4n) is 1.89. The van der Waals surface area contributed by atoms with Gasteiger partial charge in [-0.05, 0) is 48.9 Å². The van der Waals surface area contributed by atoms with E-state index in [9.17, 15) is 9.18 Å². The van der Waals surface area contributed by atoms with Crippen molar-refractivity contribution in [2.24, 2.45) is 0 Å². The minimum absolute atomic E-state index is 0.180. The summed E-state index contributed by atoms with van der Waals surface area (Å²) in [5, 5.41) is 5.46. The van der Waals surface area contributed by atoms with Gasteiger partial charge in [0.1, 0.15) is 11.6 Å². The Hall–Kier alpha value is -2.56. The lowest BCUT2D eigenvalue weighted by Crippen LogP contribution is -2.31. The molecule has 1 unspecified atom stereocenters. The highest BCUT2D eigenvalue weighted by atomic mass is 19.1. The third-order valence-corrected chi connectivity index (χ3v) is 3.04. The van der Waals surface area contributed by atoms with Gasteiger partial charge in [0.2, 0.25) is 0 Å². The smallest absolute Gasteiger partial charge is 0.319 e. The highest BCUT2D eigenvalue weighted by molar-refractivity contribution is 5.89. The first-order chi connectivity index (χ1) is 10.1. The molecule has 0 saturated carbocycles. The highest BCUT2D eigenvalue weighted by Gasteiger charge is 2.10. The van der Waals surface area contributed by atoms with Crippen molar-refractivity contribution in [3.05, 3.63) is 59.9 Å². The summed E-state index contributed by atoms with van der Waals surface area (Å²) in [5.74, 6) is 0.394. The van der Waals surface area contributed by atoms with Crippen LogP contribution in [0.25, 0.3) is 0 Å². The Kier molecular flexibility index (Phi) is 4.77. The first-order valence-electron chi connectivity index (χ1n) is 6.55. The monoisotopic (exact) mass is 288 g/mol. The fraction of sp³-hybridized carbons (Fsp3) is 0.188. The Balaban J connectivity index is 1.96. The van der Waals surface area contributed by atoms with E-state index >= 15 is 0 Å². The van der Waals surface area contributed by atoms with Crippen molar-refractivity contribution in [1.29, 1.82) is 0 Å². The van der Waals surface area contributed by atoms with E-state index in [0.717, 1.165) is 11.3 Å². The van der Waals surface area contributed by atoms with Crippen LogP contribution >= 0.6 is 0 Å². The maximum Gasteiger partial charge on any atom is 0.319 e. The van der Waals surface area contributed by atoms with Gasteiger partial charge in [-0.15, -0.1) is 0 Å². The van der Waals surface area contributed by atoms with Gasteiger partial charge in [-0.3, -0.25) is 0 Å². The molecule has 0 saturated heterocycles. The van der Waals surface area contributed by atoms with Gasteiger partial charge < -0.3 is 15.4 Å². The van der Waals surface area contributed by atoms with E-state index in [2.05, 4.69) is 10.6 Å². The molecule has 5 heteroatoms. The molecule has 2 aromatic rings. The van der Waals surface area contributed by atoms with Crippen LogP contribution in [0.5, 0.6) is 5.75 Å². The molecule has 2 rings (SSSR count). The zero-order chi connectivity index (χ0) is 15.2. The summed E-state index contributed by atoms with van der Waals surface area (Å²) < 4.78 is 17.9. The lowest BCUT2D eigenvalue weighted by molar-refractivity contribution is 0.249. The second kappa shape index (κ2) is 6.74. The second-order valence-electron chi connectivity index (χ2n) is 4.60. The van der Waals surface area contributed by atoms with Gasteiger partial charge in [-0.25, -0.2) is 9.18 Å². The van der Waals surface area contributed by atoms with Crippen LogP contribution in [-0.4, -0.2) is 13.1 Å². The third-order valence-electron chi connectivity index (χ3n) is 3.04. The van der Waals surface area contributed by atoms with Gasteiger partial charge in [-0.1, -0.05) is 12.1 Å². The number of carbonyl (C=O) groups is 1. The maximum atomic E-state index is 12.8. The number of urea groups is 1. The van der Waals surface area contributed by atoms with Crippen molar-refractivity contribution in [3.8, 4) is 5.75 Å². The van der Waals surface area contributed by atoms with Gasteiger partial charge in [0.15, 0.2) is 0 Å². The molecule has 2 amide bonds. The van der Waals surface area contributed by atoms with E-state index < -0.39 is 0 Å². The van der Waals surface area contributed by atoms with Crippen molar-refractivity contribution in [3.63, 3.8) is 0 Å². The molecule has 4 nitrogen and oxygen atoms in total. The lowest BCUT2D eigenvalue weighted by Gasteiger charge is -2.15. The Morgan fingerprint density at radius 1 is 1.19 bits per heavy atom. The van der Waals surface area contributed by atoms with Crippen LogP contribution in [-0.2, 0) is 0 Å². The molecule has 0 heterocycles. The second-order valence-corrected chi connectivity index (χ2v) is 4.60. The normalized spacial score (nSPS) is 11.6. The SMILES string of the molecule is COc1cccc(C(C)NC(=O)Nc2ccc(F)cc2)c1. The number of nitrogens with one attached hydrogen (secondary N) is 2. The summed E-state index contributed by atoms with van der Waals surface area (Å²) in [4.78, 5) is 11.9. The van der Waals surface area contributed by atoms with E-state index in [1.165, 1.54) is 24.3 Å². The van der Waals surface area contributed by atoms with E-state index in [0.29, 0.717) is 5.69 Å². The molecule has 0 spiro atoms. The van der Waals surface area contributed by atoms with Crippen LogP contribution < -0.4 is 15.4 Å². The van der Waals surface area contributed by atoms with Crippen molar-refractivity contribution < 1.29 is 13.9 Å². The van der Waals surface area contributed by atoms with E-state index in [1.54, 1.807) is 7.11 Å². The molecule has 0 aliphatic carbocycles. The molecule has 0 radical (unpaired) electrons. The lowest BCUT2D eigenvalue weighted by atomic mass is 10.1. The average molecular weight is 288 g/mol. The summed E-state index contributed by atoms with van der Waals surface area (Å²) in [7, 11) is 1.60. The first-order valence-corrected chi connectivity index (χ1v) is 6.55. The van der Waals surface area contributed by atoms with Crippen LogP contribution in [0.15, 0.2) is 48.5 Å². The summed E-state index contributed by atoms with van der Waals surface area (Å²) in [6.45, 7) is 1.87. The Morgan fingerprint density at radius 3 is 2.57 bits per heavy atom. The van der Waals surface area contributed by atoms with Crippen LogP contribution in [0, 0.1) is 5.82 Å². The molecular weight excluding hydrogens is 271 g/mol. The zero-order valence-corrected chi connectivity index (χ0v) is 11.9. The van der Waals surface area contributed by atoms with Gasteiger partial charge >= 0.3 is 6.03 Å². The van der Waals surface area contributed by atoms with Crippen molar-refractivity contribution >= 4 is 11.7 Å². The zero-order valence-electron chi connectivity index (χ0n) is 11.9. The first kappa shape index (κ1) is 14.8. The fourth-order valence-corrected chi connectivity index (χ4v) is 1.89. The summed E-state index contributed by atoms with van der Waals surface area (Å²) in [5.41, 5.74) is 1.47. The number of amides is 2. The Bertz CT molecular complexity index is 614. The summed E-state index contributed by atoms with van der Waals surface area (Å²) in [6, 6.07) is 12.5. The Morgan fingerprint density at radius 2 is 1.90 bits per heavy atom. The maximum absolute atomic E-state index is 12.8. The number of carbonyl (C=O) groups excluding carboxylic acids is 1. The summed E-state index contributed by atoms with van der Waals surface area (Å²) >= 11 is 0. The number of halogens is 1. The van der Waals surface area contributed by atoms with Gasteiger partial charge in [0.25, 0.3) is 0 Å². The predicted molar refractivity (Wildman–Crippen MR) is 80.0 cm³/mol. The molecule has 1 atom stereocenters. The van der Waals surface area contributed by atoms with E-state index in [1.807, 2.05) is 31.2 Å². The molecule has 0 aliphatic rings. The molecule has 21 heavy (non-hydrogen) atoms. The number of benzene rings is 2. The number of hydrogen-bond acceptors (Lipinski definition) is 2. The molecule has 0 fully saturated rings. The number of hydrogen-bond donors (Lipinski definition) is 2. The van der Waals surface area contributed by atoms with Gasteiger partial charge in [-0.2, -0.15) is 0 Å². The van der Waals surface area contributed by atoms with Gasteiger partial charge in [0.05, 0.1) is 13.2 Å². The molecule has 2 N–H and O–H groups in total. The topological polar surface area (TPSA) is 50.4 Å². The van der Waals surface area contributed by atoms with Crippen molar-refractivity contribution in [2.75, 3.05) is 12.4 Å². The molecule has 2 aromatic carbocycles. The minimum atomic E-state index is -0.350. The Labute approximate surface area is 122 Å². The van der Waals surface area contributed by atoms with E-state index in [4.69, 9.17) is 4.74 Å².